The van der Waals surface area contributed by atoms with Crippen molar-refractivity contribution in [2.24, 2.45) is 0 Å². The first-order valence-corrected chi connectivity index (χ1v) is 14.6. The Bertz CT molecular complexity index is 1470. The summed E-state index contributed by atoms with van der Waals surface area (Å²) in [5, 5.41) is 1.80. The van der Waals surface area contributed by atoms with Crippen molar-refractivity contribution in [2.75, 3.05) is 19.3 Å². The van der Waals surface area contributed by atoms with Crippen molar-refractivity contribution < 1.29 is 17.5 Å². The molecule has 6 nitrogen and oxygen atoms in total. The number of sulfone groups is 1. The summed E-state index contributed by atoms with van der Waals surface area (Å²) >= 11 is 5.18. The normalized spacial score (nSPS) is 16.4. The highest BCUT2D eigenvalue weighted by molar-refractivity contribution is 9.10. The second-order valence-electron chi connectivity index (χ2n) is 8.67. The molecule has 3 heterocycles. The SMILES string of the molecule is CS(=O)(=O)c1ccc(-c2csc3c(OC4(Br)CCN(Cc5ccccc5)CC4)ncnc23)c(F)c1. The fourth-order valence-corrected chi connectivity index (χ4v) is 6.28. The summed E-state index contributed by atoms with van der Waals surface area (Å²) in [7, 11) is -3.50. The van der Waals surface area contributed by atoms with Gasteiger partial charge in [-0.2, -0.15) is 0 Å². The number of alkyl halides is 1. The number of benzene rings is 2. The number of ether oxygens (including phenoxy) is 1. The minimum Gasteiger partial charge on any atom is -0.458 e. The van der Waals surface area contributed by atoms with Crippen LogP contribution in [0.25, 0.3) is 21.3 Å². The van der Waals surface area contributed by atoms with Crippen molar-refractivity contribution in [1.82, 2.24) is 14.9 Å². The van der Waals surface area contributed by atoms with E-state index >= 15 is 0 Å². The Labute approximate surface area is 215 Å². The Morgan fingerprint density at radius 3 is 2.54 bits per heavy atom. The van der Waals surface area contributed by atoms with E-state index in [1.807, 2.05) is 6.07 Å². The fraction of sp³-hybridized carbons (Fsp3) is 0.280. The lowest BCUT2D eigenvalue weighted by molar-refractivity contribution is 0.0743. The zero-order valence-electron chi connectivity index (χ0n) is 18.9. The number of halogens is 2. The highest BCUT2D eigenvalue weighted by Crippen LogP contribution is 2.41. The molecule has 35 heavy (non-hydrogen) atoms. The van der Waals surface area contributed by atoms with Crippen LogP contribution in [-0.4, -0.2) is 47.1 Å². The third-order valence-electron chi connectivity index (χ3n) is 6.11. The predicted octanol–water partition coefficient (Wildman–Crippen LogP) is 5.67. The first-order chi connectivity index (χ1) is 16.7. The molecular weight excluding hydrogens is 553 g/mol. The molecule has 0 atom stereocenters. The number of hydrogen-bond donors (Lipinski definition) is 0. The molecule has 5 rings (SSSR count). The largest absolute Gasteiger partial charge is 0.458 e. The van der Waals surface area contributed by atoms with E-state index < -0.39 is 20.2 Å². The van der Waals surface area contributed by atoms with E-state index in [0.717, 1.165) is 49.5 Å². The molecule has 0 spiro atoms. The first-order valence-electron chi connectivity index (χ1n) is 11.1. The number of piperidine rings is 1. The maximum Gasteiger partial charge on any atom is 0.236 e. The van der Waals surface area contributed by atoms with E-state index in [4.69, 9.17) is 4.74 Å². The molecule has 1 aliphatic heterocycles. The zero-order valence-corrected chi connectivity index (χ0v) is 22.2. The standard InChI is InChI=1S/C25H23BrFN3O3S2/c1-35(31,32)18-7-8-19(21(27)13-18)20-15-34-23-22(20)28-16-29-24(23)33-25(26)9-11-30(12-10-25)14-17-5-3-2-4-6-17/h2-8,13,15-16H,9-12,14H2,1H3. The molecule has 0 amide bonds. The van der Waals surface area contributed by atoms with Crippen molar-refractivity contribution in [3.63, 3.8) is 0 Å². The van der Waals surface area contributed by atoms with Crippen LogP contribution in [-0.2, 0) is 16.4 Å². The third kappa shape index (κ3) is 5.25. The molecule has 0 unspecified atom stereocenters. The number of likely N-dealkylation sites (tertiary alicyclic amines) is 1. The lowest BCUT2D eigenvalue weighted by Crippen LogP contribution is -2.43. The molecule has 0 aliphatic carbocycles. The molecule has 0 saturated carbocycles. The summed E-state index contributed by atoms with van der Waals surface area (Å²) in [5.74, 6) is -0.163. The zero-order chi connectivity index (χ0) is 24.6. The number of fused-ring (bicyclic) bond motifs is 1. The molecule has 1 saturated heterocycles. The molecule has 0 bridgehead atoms. The van der Waals surface area contributed by atoms with Crippen LogP contribution in [0.2, 0.25) is 0 Å². The summed E-state index contributed by atoms with van der Waals surface area (Å²) in [4.78, 5) is 11.1. The Balaban J connectivity index is 1.35. The summed E-state index contributed by atoms with van der Waals surface area (Å²) < 4.78 is 44.9. The minimum absolute atomic E-state index is 0.0585. The Kier molecular flexibility index (Phi) is 6.65. The smallest absolute Gasteiger partial charge is 0.236 e. The maximum atomic E-state index is 14.9. The van der Waals surface area contributed by atoms with Gasteiger partial charge in [-0.25, -0.2) is 22.8 Å². The Morgan fingerprint density at radius 1 is 1.11 bits per heavy atom. The molecule has 2 aromatic carbocycles. The van der Waals surface area contributed by atoms with Gasteiger partial charge < -0.3 is 4.74 Å². The van der Waals surface area contributed by atoms with Gasteiger partial charge in [-0.05, 0) is 33.6 Å². The van der Waals surface area contributed by atoms with E-state index in [2.05, 4.69) is 55.1 Å². The predicted molar refractivity (Wildman–Crippen MR) is 139 cm³/mol. The second kappa shape index (κ2) is 9.57. The minimum atomic E-state index is -3.50. The van der Waals surface area contributed by atoms with E-state index in [9.17, 15) is 12.8 Å². The second-order valence-corrected chi connectivity index (χ2v) is 13.0. The van der Waals surface area contributed by atoms with Crippen molar-refractivity contribution in [1.29, 1.82) is 0 Å². The van der Waals surface area contributed by atoms with Gasteiger partial charge in [-0.3, -0.25) is 4.90 Å². The molecule has 0 radical (unpaired) electrons. The number of hydrogen-bond acceptors (Lipinski definition) is 7. The molecular formula is C25H23BrFN3O3S2. The van der Waals surface area contributed by atoms with Gasteiger partial charge in [0, 0.05) is 55.2 Å². The van der Waals surface area contributed by atoms with E-state index in [0.29, 0.717) is 17.0 Å². The maximum absolute atomic E-state index is 14.9. The Morgan fingerprint density at radius 2 is 1.86 bits per heavy atom. The van der Waals surface area contributed by atoms with Crippen LogP contribution in [0, 0.1) is 5.82 Å². The van der Waals surface area contributed by atoms with Gasteiger partial charge in [-0.15, -0.1) is 11.3 Å². The molecule has 2 aromatic heterocycles. The van der Waals surface area contributed by atoms with E-state index in [1.54, 1.807) is 5.38 Å². The van der Waals surface area contributed by atoms with Crippen molar-refractivity contribution >= 4 is 47.3 Å². The van der Waals surface area contributed by atoms with Gasteiger partial charge in [0.25, 0.3) is 0 Å². The van der Waals surface area contributed by atoms with E-state index in [1.165, 1.54) is 35.4 Å². The monoisotopic (exact) mass is 575 g/mol. The summed E-state index contributed by atoms with van der Waals surface area (Å²) in [6.07, 6.45) is 4.04. The average molecular weight is 577 g/mol. The number of rotatable bonds is 6. The average Bonchev–Trinajstić information content (AvgIpc) is 3.26. The summed E-state index contributed by atoms with van der Waals surface area (Å²) in [5.41, 5.74) is 2.73. The van der Waals surface area contributed by atoms with Crippen molar-refractivity contribution in [3.05, 3.63) is 71.6 Å². The number of thiophene rings is 1. The van der Waals surface area contributed by atoms with Gasteiger partial charge >= 0.3 is 0 Å². The quantitative estimate of drug-likeness (QED) is 0.276. The van der Waals surface area contributed by atoms with Crippen LogP contribution < -0.4 is 4.74 Å². The lowest BCUT2D eigenvalue weighted by Gasteiger charge is -2.37. The van der Waals surface area contributed by atoms with Crippen molar-refractivity contribution in [2.45, 2.75) is 28.8 Å². The third-order valence-corrected chi connectivity index (χ3v) is 9.13. The van der Waals surface area contributed by atoms with Crippen molar-refractivity contribution in [3.8, 4) is 17.0 Å². The number of aromatic nitrogens is 2. The topological polar surface area (TPSA) is 72.4 Å². The molecule has 182 valence electrons. The van der Waals surface area contributed by atoms with Gasteiger partial charge in [0.1, 0.15) is 16.8 Å². The summed E-state index contributed by atoms with van der Waals surface area (Å²) in [6, 6.07) is 14.3. The molecule has 0 N–H and O–H groups in total. The van der Waals surface area contributed by atoms with Gasteiger partial charge in [0.2, 0.25) is 5.88 Å². The molecule has 1 aliphatic rings. The van der Waals surface area contributed by atoms with Gasteiger partial charge in [0.15, 0.2) is 14.3 Å². The van der Waals surface area contributed by atoms with Gasteiger partial charge in [-0.1, -0.05) is 36.4 Å². The van der Waals surface area contributed by atoms with Gasteiger partial charge in [0.05, 0.1) is 10.4 Å². The molecule has 10 heteroatoms. The summed E-state index contributed by atoms with van der Waals surface area (Å²) in [6.45, 7) is 2.66. The lowest BCUT2D eigenvalue weighted by atomic mass is 10.1. The van der Waals surface area contributed by atoms with Crippen LogP contribution in [0.5, 0.6) is 5.88 Å². The van der Waals surface area contributed by atoms with E-state index in [-0.39, 0.29) is 10.5 Å². The van der Waals surface area contributed by atoms with Crippen LogP contribution in [0.15, 0.2) is 65.1 Å². The highest BCUT2D eigenvalue weighted by Gasteiger charge is 2.35. The Hall–Kier alpha value is -2.40. The molecule has 1 fully saturated rings. The van der Waals surface area contributed by atoms with Crippen LogP contribution in [0.4, 0.5) is 4.39 Å². The van der Waals surface area contributed by atoms with Crippen LogP contribution in [0.3, 0.4) is 0 Å². The number of nitrogens with zero attached hydrogens (tertiary/aromatic N) is 3. The molecule has 4 aromatic rings. The fourth-order valence-electron chi connectivity index (χ4n) is 4.20. The van der Waals surface area contributed by atoms with Crippen LogP contribution in [0.1, 0.15) is 18.4 Å². The van der Waals surface area contributed by atoms with Crippen LogP contribution >= 0.6 is 27.3 Å². The highest BCUT2D eigenvalue weighted by atomic mass is 79.9. The first kappa shape index (κ1) is 24.3.